The van der Waals surface area contributed by atoms with Gasteiger partial charge in [0, 0.05) is 18.7 Å². The third-order valence-electron chi connectivity index (χ3n) is 3.95. The highest BCUT2D eigenvalue weighted by atomic mass is 16.5. The zero-order valence-corrected chi connectivity index (χ0v) is 11.1. The second-order valence-corrected chi connectivity index (χ2v) is 4.98. The van der Waals surface area contributed by atoms with E-state index in [4.69, 9.17) is 4.74 Å². The zero-order chi connectivity index (χ0) is 13.3. The largest absolute Gasteiger partial charge is 0.507 e. The van der Waals surface area contributed by atoms with Crippen molar-refractivity contribution in [3.8, 4) is 11.5 Å². The van der Waals surface area contributed by atoms with Crippen LogP contribution in [0.1, 0.15) is 31.9 Å². The van der Waals surface area contributed by atoms with Crippen molar-refractivity contribution in [1.82, 2.24) is 4.90 Å². The number of ether oxygens (including phenoxy) is 1. The van der Waals surface area contributed by atoms with Gasteiger partial charge in [0.25, 0.3) is 0 Å². The summed E-state index contributed by atoms with van der Waals surface area (Å²) in [5, 5.41) is 19.8. The van der Waals surface area contributed by atoms with E-state index in [2.05, 4.69) is 11.8 Å². The molecule has 0 amide bonds. The SMILES string of the molecule is CC1OCCC1N(C)C(C)c1c(O)cccc1O. The van der Waals surface area contributed by atoms with E-state index >= 15 is 0 Å². The lowest BCUT2D eigenvalue weighted by molar-refractivity contribution is 0.0695. The Balaban J connectivity index is 2.22. The molecule has 0 radical (unpaired) electrons. The Kier molecular flexibility index (Phi) is 3.78. The highest BCUT2D eigenvalue weighted by Crippen LogP contribution is 2.37. The van der Waals surface area contributed by atoms with Crippen LogP contribution in [0, 0.1) is 0 Å². The van der Waals surface area contributed by atoms with Gasteiger partial charge in [0.2, 0.25) is 0 Å². The molecular formula is C14H21NO3. The van der Waals surface area contributed by atoms with Crippen molar-refractivity contribution >= 4 is 0 Å². The number of phenols is 2. The Morgan fingerprint density at radius 3 is 2.44 bits per heavy atom. The Morgan fingerprint density at radius 2 is 1.94 bits per heavy atom. The molecule has 1 heterocycles. The molecule has 0 spiro atoms. The molecule has 2 N–H and O–H groups in total. The minimum Gasteiger partial charge on any atom is -0.507 e. The third-order valence-corrected chi connectivity index (χ3v) is 3.95. The van der Waals surface area contributed by atoms with E-state index in [1.54, 1.807) is 18.2 Å². The van der Waals surface area contributed by atoms with Crippen LogP contribution in [0.5, 0.6) is 11.5 Å². The van der Waals surface area contributed by atoms with E-state index in [0.29, 0.717) is 11.6 Å². The molecule has 1 aliphatic rings. The number of rotatable bonds is 3. The molecule has 0 aliphatic carbocycles. The molecule has 1 aromatic rings. The predicted molar refractivity (Wildman–Crippen MR) is 69.8 cm³/mol. The molecule has 0 saturated carbocycles. The highest BCUT2D eigenvalue weighted by Gasteiger charge is 2.32. The molecule has 0 bridgehead atoms. The van der Waals surface area contributed by atoms with Crippen molar-refractivity contribution in [3.05, 3.63) is 23.8 Å². The van der Waals surface area contributed by atoms with Gasteiger partial charge in [0.1, 0.15) is 11.5 Å². The number of nitrogens with zero attached hydrogens (tertiary/aromatic N) is 1. The van der Waals surface area contributed by atoms with Crippen LogP contribution in [0.2, 0.25) is 0 Å². The summed E-state index contributed by atoms with van der Waals surface area (Å²) in [6, 6.07) is 5.11. The molecule has 3 unspecified atom stereocenters. The van der Waals surface area contributed by atoms with Crippen molar-refractivity contribution in [1.29, 1.82) is 0 Å². The van der Waals surface area contributed by atoms with Crippen LogP contribution in [0.3, 0.4) is 0 Å². The van der Waals surface area contributed by atoms with Crippen LogP contribution in [0.25, 0.3) is 0 Å². The van der Waals surface area contributed by atoms with E-state index < -0.39 is 0 Å². The van der Waals surface area contributed by atoms with Gasteiger partial charge in [0.15, 0.2) is 0 Å². The highest BCUT2D eigenvalue weighted by molar-refractivity contribution is 5.45. The average Bonchev–Trinajstić information content (AvgIpc) is 2.74. The standard InChI is InChI=1S/C14H21NO3/c1-9(14-12(16)5-4-6-13(14)17)15(3)11-7-8-18-10(11)2/h4-6,9-11,16-17H,7-8H2,1-3H3. The van der Waals surface area contributed by atoms with Gasteiger partial charge in [-0.15, -0.1) is 0 Å². The topological polar surface area (TPSA) is 52.9 Å². The van der Waals surface area contributed by atoms with Crippen molar-refractivity contribution in [2.75, 3.05) is 13.7 Å². The van der Waals surface area contributed by atoms with Crippen LogP contribution in [0.4, 0.5) is 0 Å². The zero-order valence-electron chi connectivity index (χ0n) is 11.1. The summed E-state index contributed by atoms with van der Waals surface area (Å²) in [5.41, 5.74) is 0.583. The fourth-order valence-electron chi connectivity index (χ4n) is 2.72. The van der Waals surface area contributed by atoms with E-state index in [9.17, 15) is 10.2 Å². The van der Waals surface area contributed by atoms with Gasteiger partial charge in [-0.3, -0.25) is 4.90 Å². The first-order chi connectivity index (χ1) is 8.52. The number of likely N-dealkylation sites (N-methyl/N-ethyl adjacent to an activating group) is 1. The summed E-state index contributed by atoms with van der Waals surface area (Å²) in [4.78, 5) is 2.16. The van der Waals surface area contributed by atoms with Crippen molar-refractivity contribution in [2.24, 2.45) is 0 Å². The number of aromatic hydroxyl groups is 2. The normalized spacial score (nSPS) is 25.6. The monoisotopic (exact) mass is 251 g/mol. The molecule has 1 aliphatic heterocycles. The maximum Gasteiger partial charge on any atom is 0.124 e. The molecule has 1 fully saturated rings. The van der Waals surface area contributed by atoms with E-state index in [-0.39, 0.29) is 23.6 Å². The summed E-state index contributed by atoms with van der Waals surface area (Å²) >= 11 is 0. The molecule has 4 heteroatoms. The number of hydrogen-bond acceptors (Lipinski definition) is 4. The second-order valence-electron chi connectivity index (χ2n) is 4.98. The quantitative estimate of drug-likeness (QED) is 0.865. The summed E-state index contributed by atoms with van der Waals surface area (Å²) in [6.07, 6.45) is 1.17. The lowest BCUT2D eigenvalue weighted by Gasteiger charge is -2.33. The molecule has 2 rings (SSSR count). The molecule has 4 nitrogen and oxygen atoms in total. The maximum absolute atomic E-state index is 9.90. The first-order valence-corrected chi connectivity index (χ1v) is 6.36. The Hall–Kier alpha value is -1.26. The first-order valence-electron chi connectivity index (χ1n) is 6.36. The Morgan fingerprint density at radius 1 is 1.33 bits per heavy atom. The molecule has 18 heavy (non-hydrogen) atoms. The summed E-state index contributed by atoms with van der Waals surface area (Å²) in [6.45, 7) is 4.82. The molecular weight excluding hydrogens is 230 g/mol. The van der Waals surface area contributed by atoms with Crippen LogP contribution in [-0.4, -0.2) is 40.9 Å². The molecule has 0 aromatic heterocycles. The first kappa shape index (κ1) is 13.2. The minimum absolute atomic E-state index is 0.0552. The molecule has 3 atom stereocenters. The van der Waals surface area contributed by atoms with Gasteiger partial charge in [0.05, 0.1) is 11.7 Å². The van der Waals surface area contributed by atoms with Gasteiger partial charge >= 0.3 is 0 Å². The summed E-state index contributed by atoms with van der Waals surface area (Å²) in [7, 11) is 2.01. The fraction of sp³-hybridized carbons (Fsp3) is 0.571. The predicted octanol–water partition coefficient (Wildman–Crippen LogP) is 2.27. The van der Waals surface area contributed by atoms with Crippen molar-refractivity contribution in [3.63, 3.8) is 0 Å². The van der Waals surface area contributed by atoms with Crippen molar-refractivity contribution in [2.45, 2.75) is 38.5 Å². The van der Waals surface area contributed by atoms with E-state index in [0.717, 1.165) is 13.0 Å². The van der Waals surface area contributed by atoms with Gasteiger partial charge < -0.3 is 14.9 Å². The van der Waals surface area contributed by atoms with Crippen LogP contribution in [0.15, 0.2) is 18.2 Å². The van der Waals surface area contributed by atoms with Gasteiger partial charge in [-0.05, 0) is 39.4 Å². The average molecular weight is 251 g/mol. The minimum atomic E-state index is -0.0552. The number of phenolic OH excluding ortho intramolecular Hbond substituents is 2. The molecule has 100 valence electrons. The lowest BCUT2D eigenvalue weighted by atomic mass is 10.0. The second kappa shape index (κ2) is 5.16. The Labute approximate surface area is 108 Å². The van der Waals surface area contributed by atoms with E-state index in [1.807, 2.05) is 14.0 Å². The smallest absolute Gasteiger partial charge is 0.124 e. The van der Waals surface area contributed by atoms with Gasteiger partial charge in [-0.1, -0.05) is 6.07 Å². The van der Waals surface area contributed by atoms with E-state index in [1.165, 1.54) is 0 Å². The number of hydrogen-bond donors (Lipinski definition) is 2. The van der Waals surface area contributed by atoms with Crippen LogP contribution >= 0.6 is 0 Å². The number of benzene rings is 1. The Bertz CT molecular complexity index is 401. The summed E-state index contributed by atoms with van der Waals surface area (Å²) in [5.74, 6) is 0.279. The molecule has 1 saturated heterocycles. The van der Waals surface area contributed by atoms with Crippen LogP contribution in [-0.2, 0) is 4.74 Å². The summed E-state index contributed by atoms with van der Waals surface area (Å²) < 4.78 is 5.57. The molecule has 1 aromatic carbocycles. The van der Waals surface area contributed by atoms with Crippen molar-refractivity contribution < 1.29 is 14.9 Å². The maximum atomic E-state index is 9.90. The third kappa shape index (κ3) is 2.31. The van der Waals surface area contributed by atoms with Crippen LogP contribution < -0.4 is 0 Å². The van der Waals surface area contributed by atoms with Gasteiger partial charge in [-0.25, -0.2) is 0 Å². The fourth-order valence-corrected chi connectivity index (χ4v) is 2.72. The van der Waals surface area contributed by atoms with Gasteiger partial charge in [-0.2, -0.15) is 0 Å². The lowest BCUT2D eigenvalue weighted by Crippen LogP contribution is -2.38.